The Labute approximate surface area is 348 Å². The molecule has 0 aliphatic rings. The molecule has 0 atom stereocenters. The second kappa shape index (κ2) is 13.9. The van der Waals surface area contributed by atoms with Gasteiger partial charge in [0.25, 0.3) is 0 Å². The van der Waals surface area contributed by atoms with Crippen LogP contribution in [0.1, 0.15) is 0 Å². The van der Waals surface area contributed by atoms with Crippen LogP contribution in [0.3, 0.4) is 0 Å². The van der Waals surface area contributed by atoms with Crippen LogP contribution < -0.4 is 0 Å². The first-order chi connectivity index (χ1) is 29.7. The zero-order chi connectivity index (χ0) is 39.6. The van der Waals surface area contributed by atoms with E-state index in [2.05, 4.69) is 155 Å². The summed E-state index contributed by atoms with van der Waals surface area (Å²) < 4.78 is 11.6. The molecule has 280 valence electrons. The minimum Gasteiger partial charge on any atom is -0.309 e. The minimum atomic E-state index is 0.604. The largest absolute Gasteiger partial charge is 0.309 e. The zero-order valence-electron chi connectivity index (χ0n) is 31.9. The second-order valence-electron chi connectivity index (χ2n) is 14.8. The van der Waals surface area contributed by atoms with Crippen molar-refractivity contribution in [2.45, 2.75) is 0 Å². The quantitative estimate of drug-likeness (QED) is 0.156. The Morgan fingerprint density at radius 1 is 0.350 bits per heavy atom. The van der Waals surface area contributed by atoms with E-state index in [9.17, 15) is 0 Å². The maximum atomic E-state index is 5.27. The molecule has 4 aromatic heterocycles. The first-order valence-corrected chi connectivity index (χ1v) is 20.5. The minimum absolute atomic E-state index is 0.604. The molecule has 0 radical (unpaired) electrons. The van der Waals surface area contributed by atoms with Crippen molar-refractivity contribution in [3.8, 4) is 62.2 Å². The third-order valence-corrected chi connectivity index (χ3v) is 11.9. The highest BCUT2D eigenvalue weighted by Crippen LogP contribution is 2.38. The van der Waals surface area contributed by atoms with E-state index in [1.165, 1.54) is 22.5 Å². The monoisotopic (exact) mass is 785 g/mol. The standard InChI is InChI=1S/C52H31N7S/c1-3-12-33(13-4-1)48-42-28-29-43-49(58-60-57-43)47(42)41-27-26-36(31-44(41)53-48)32-22-24-35(25-23-32)51-54-50(34-14-5-2-6-15-34)55-52(56-51)37-16-11-17-38(30-37)59-45-20-9-7-18-39(45)40-19-8-10-21-46(40)59/h1-31H. The third-order valence-electron chi connectivity index (χ3n) is 11.3. The predicted molar refractivity (Wildman–Crippen MR) is 245 cm³/mol. The van der Waals surface area contributed by atoms with Crippen LogP contribution in [0.5, 0.6) is 0 Å². The average Bonchev–Trinajstić information content (AvgIpc) is 3.95. The summed E-state index contributed by atoms with van der Waals surface area (Å²) in [7, 11) is 0. The van der Waals surface area contributed by atoms with Gasteiger partial charge >= 0.3 is 0 Å². The summed E-state index contributed by atoms with van der Waals surface area (Å²) in [5.41, 5.74) is 12.9. The first-order valence-electron chi connectivity index (χ1n) is 19.8. The number of aromatic nitrogens is 7. The van der Waals surface area contributed by atoms with Gasteiger partial charge in [-0.15, -0.1) is 0 Å². The molecule has 0 saturated heterocycles. The molecule has 0 bridgehead atoms. The van der Waals surface area contributed by atoms with Crippen LogP contribution in [-0.2, 0) is 0 Å². The highest BCUT2D eigenvalue weighted by molar-refractivity contribution is 7.00. The summed E-state index contributed by atoms with van der Waals surface area (Å²) in [6, 6.07) is 65.1. The lowest BCUT2D eigenvalue weighted by molar-refractivity contribution is 1.07. The van der Waals surface area contributed by atoms with Crippen LogP contribution in [0.25, 0.3) is 117 Å². The third kappa shape index (κ3) is 5.65. The summed E-state index contributed by atoms with van der Waals surface area (Å²) in [6.45, 7) is 0. The van der Waals surface area contributed by atoms with Gasteiger partial charge in [-0.1, -0.05) is 146 Å². The molecule has 0 spiro atoms. The Hall–Kier alpha value is -7.94. The van der Waals surface area contributed by atoms with Crippen LogP contribution in [0, 0.1) is 0 Å². The summed E-state index contributed by atoms with van der Waals surface area (Å²) in [5, 5.41) is 5.63. The van der Waals surface area contributed by atoms with E-state index in [0.717, 1.165) is 88.5 Å². The maximum absolute atomic E-state index is 5.27. The number of para-hydroxylation sites is 2. The Morgan fingerprint density at radius 2 is 0.917 bits per heavy atom. The van der Waals surface area contributed by atoms with E-state index in [1.54, 1.807) is 0 Å². The molecule has 0 aliphatic heterocycles. The summed E-state index contributed by atoms with van der Waals surface area (Å²) in [6.07, 6.45) is 0. The number of rotatable bonds is 6. The number of nitrogens with zero attached hydrogens (tertiary/aromatic N) is 7. The number of fused-ring (bicyclic) bond motifs is 8. The van der Waals surface area contributed by atoms with E-state index in [1.807, 2.05) is 42.5 Å². The van der Waals surface area contributed by atoms with Crippen LogP contribution in [0.4, 0.5) is 0 Å². The molecule has 0 unspecified atom stereocenters. The molecule has 60 heavy (non-hydrogen) atoms. The lowest BCUT2D eigenvalue weighted by Gasteiger charge is -2.12. The average molecular weight is 786 g/mol. The van der Waals surface area contributed by atoms with Crippen molar-refractivity contribution >= 4 is 66.2 Å². The lowest BCUT2D eigenvalue weighted by atomic mass is 9.96. The normalized spacial score (nSPS) is 11.7. The molecular weight excluding hydrogens is 755 g/mol. The Morgan fingerprint density at radius 3 is 1.63 bits per heavy atom. The van der Waals surface area contributed by atoms with E-state index in [-0.39, 0.29) is 0 Å². The van der Waals surface area contributed by atoms with Crippen LogP contribution >= 0.6 is 11.7 Å². The van der Waals surface area contributed by atoms with Crippen molar-refractivity contribution < 1.29 is 0 Å². The van der Waals surface area contributed by atoms with Gasteiger partial charge in [0.2, 0.25) is 0 Å². The van der Waals surface area contributed by atoms with Crippen molar-refractivity contribution in [2.24, 2.45) is 0 Å². The van der Waals surface area contributed by atoms with Crippen LogP contribution in [-0.4, -0.2) is 33.3 Å². The predicted octanol–water partition coefficient (Wildman–Crippen LogP) is 13.0. The maximum Gasteiger partial charge on any atom is 0.164 e. The van der Waals surface area contributed by atoms with Gasteiger partial charge in [-0.3, -0.25) is 0 Å². The molecule has 12 aromatic rings. The molecule has 7 nitrogen and oxygen atoms in total. The van der Waals surface area contributed by atoms with Crippen molar-refractivity contribution in [1.29, 1.82) is 0 Å². The van der Waals surface area contributed by atoms with Crippen molar-refractivity contribution in [3.05, 3.63) is 188 Å². The van der Waals surface area contributed by atoms with Crippen molar-refractivity contribution in [2.75, 3.05) is 0 Å². The van der Waals surface area contributed by atoms with Gasteiger partial charge in [0, 0.05) is 54.9 Å². The van der Waals surface area contributed by atoms with Gasteiger partial charge in [0.1, 0.15) is 11.0 Å². The zero-order valence-corrected chi connectivity index (χ0v) is 32.8. The number of pyridine rings is 1. The van der Waals surface area contributed by atoms with Crippen molar-refractivity contribution in [3.63, 3.8) is 0 Å². The molecular formula is C52H31N7S. The summed E-state index contributed by atoms with van der Waals surface area (Å²) >= 11 is 1.24. The fourth-order valence-corrected chi connectivity index (χ4v) is 9.02. The fraction of sp³-hybridized carbons (Fsp3) is 0. The smallest absolute Gasteiger partial charge is 0.164 e. The molecule has 0 saturated carbocycles. The second-order valence-corrected chi connectivity index (χ2v) is 15.4. The van der Waals surface area contributed by atoms with Crippen molar-refractivity contribution in [1.82, 2.24) is 33.3 Å². The lowest BCUT2D eigenvalue weighted by Crippen LogP contribution is -2.01. The Balaban J connectivity index is 0.959. The molecule has 8 aromatic carbocycles. The topological polar surface area (TPSA) is 82.3 Å². The molecule has 0 fully saturated rings. The Kier molecular flexibility index (Phi) is 7.89. The highest BCUT2D eigenvalue weighted by Gasteiger charge is 2.18. The van der Waals surface area contributed by atoms with Gasteiger partial charge in [0.15, 0.2) is 17.5 Å². The fourth-order valence-electron chi connectivity index (χ4n) is 8.48. The summed E-state index contributed by atoms with van der Waals surface area (Å²) in [4.78, 5) is 20.5. The summed E-state index contributed by atoms with van der Waals surface area (Å²) in [5.74, 6) is 1.83. The molecule has 0 aliphatic carbocycles. The van der Waals surface area contributed by atoms with Gasteiger partial charge in [-0.2, -0.15) is 8.75 Å². The van der Waals surface area contributed by atoms with E-state index in [4.69, 9.17) is 24.3 Å². The molecule has 4 heterocycles. The van der Waals surface area contributed by atoms with Gasteiger partial charge in [-0.05, 0) is 53.6 Å². The molecule has 0 amide bonds. The van der Waals surface area contributed by atoms with Crippen LogP contribution in [0.2, 0.25) is 0 Å². The SMILES string of the molecule is c1ccc(-c2nc(-c3ccc(-c4ccc5c(c4)nc(-c4ccccc4)c4ccc6nsnc6c45)cc3)nc(-c3cccc(-n4c5ccccc5c5ccccc54)c3)n2)cc1. The first kappa shape index (κ1) is 34.1. The Bertz CT molecular complexity index is 3540. The van der Waals surface area contributed by atoms with Gasteiger partial charge in [-0.25, -0.2) is 19.9 Å². The van der Waals surface area contributed by atoms with Gasteiger partial charge < -0.3 is 4.57 Å². The van der Waals surface area contributed by atoms with Gasteiger partial charge in [0.05, 0.1) is 34.0 Å². The number of hydrogen-bond donors (Lipinski definition) is 0. The molecule has 0 N–H and O–H groups in total. The number of hydrogen-bond acceptors (Lipinski definition) is 7. The highest BCUT2D eigenvalue weighted by atomic mass is 32.1. The molecule has 12 rings (SSSR count). The van der Waals surface area contributed by atoms with E-state index >= 15 is 0 Å². The molecule has 8 heteroatoms. The van der Waals surface area contributed by atoms with Crippen LogP contribution in [0.15, 0.2) is 188 Å². The number of benzene rings is 8. The van der Waals surface area contributed by atoms with E-state index < -0.39 is 0 Å². The van der Waals surface area contributed by atoms with E-state index in [0.29, 0.717) is 17.5 Å².